The second-order valence-corrected chi connectivity index (χ2v) is 12.7. The van der Waals surface area contributed by atoms with Gasteiger partial charge in [0.05, 0.1) is 0 Å². The molecule has 0 saturated heterocycles. The fraction of sp³-hybridized carbons (Fsp3) is 0.971. The summed E-state index contributed by atoms with van der Waals surface area (Å²) < 4.78 is 0. The van der Waals surface area contributed by atoms with Crippen LogP contribution in [0.1, 0.15) is 188 Å². The molecule has 0 radical (unpaired) electrons. The summed E-state index contributed by atoms with van der Waals surface area (Å²) in [5.41, 5.74) is 0. The van der Waals surface area contributed by atoms with Gasteiger partial charge in [-0.1, -0.05) is 162 Å². The highest BCUT2D eigenvalue weighted by molar-refractivity contribution is 7.99. The van der Waals surface area contributed by atoms with E-state index >= 15 is 0 Å². The number of hydrogen-bond donors (Lipinski definition) is 0. The van der Waals surface area contributed by atoms with Gasteiger partial charge in [0, 0.05) is 25.3 Å². The van der Waals surface area contributed by atoms with Crippen molar-refractivity contribution in [3.8, 4) is 0 Å². The van der Waals surface area contributed by atoms with Crippen LogP contribution in [-0.4, -0.2) is 35.4 Å². The molecule has 0 aliphatic heterocycles. The van der Waals surface area contributed by atoms with Crippen molar-refractivity contribution in [3.63, 3.8) is 0 Å². The van der Waals surface area contributed by atoms with Crippen molar-refractivity contribution >= 4 is 17.7 Å². The van der Waals surface area contributed by atoms with Gasteiger partial charge in [-0.2, -0.15) is 11.8 Å². The molecule has 0 aromatic carbocycles. The van der Waals surface area contributed by atoms with Crippen molar-refractivity contribution in [2.24, 2.45) is 0 Å². The molecule has 1 amide bonds. The highest BCUT2D eigenvalue weighted by Crippen LogP contribution is 2.15. The van der Waals surface area contributed by atoms with Gasteiger partial charge in [0.15, 0.2) is 0 Å². The Morgan fingerprint density at radius 3 is 1.08 bits per heavy atom. The van der Waals surface area contributed by atoms with Crippen molar-refractivity contribution in [2.75, 3.05) is 24.6 Å². The topological polar surface area (TPSA) is 20.3 Å². The molecule has 0 bridgehead atoms. The van der Waals surface area contributed by atoms with Gasteiger partial charge in [-0.3, -0.25) is 4.79 Å². The molecule has 0 heterocycles. The molecule has 222 valence electrons. The highest BCUT2D eigenvalue weighted by Gasteiger charge is 2.12. The van der Waals surface area contributed by atoms with E-state index in [0.29, 0.717) is 5.91 Å². The minimum atomic E-state index is 0.412. The summed E-state index contributed by atoms with van der Waals surface area (Å²) >= 11 is 1.94. The fourth-order valence-corrected chi connectivity index (χ4v) is 6.02. The number of carbonyl (C=O) groups is 1. The summed E-state index contributed by atoms with van der Waals surface area (Å²) in [5, 5.41) is 0. The van der Waals surface area contributed by atoms with E-state index in [2.05, 4.69) is 25.7 Å². The Balaban J connectivity index is 3.89. The van der Waals surface area contributed by atoms with Crippen LogP contribution in [0.15, 0.2) is 0 Å². The van der Waals surface area contributed by atoms with Crippen molar-refractivity contribution in [2.45, 2.75) is 188 Å². The monoisotopic (exact) mass is 540 g/mol. The number of thioether (sulfide) groups is 1. The lowest BCUT2D eigenvalue weighted by molar-refractivity contribution is -0.130. The molecular weight excluding hydrogens is 470 g/mol. The smallest absolute Gasteiger partial charge is 0.223 e. The number of rotatable bonds is 31. The van der Waals surface area contributed by atoms with E-state index < -0.39 is 0 Å². The standard InChI is InChI=1S/C34H69NOS/c1-4-7-9-11-13-15-17-19-21-23-25-27-30-35(34(36)29-33-37-32-6-3)31-28-26-24-22-20-18-16-14-12-10-8-5-2/h4-33H2,1-3H3. The largest absolute Gasteiger partial charge is 0.343 e. The molecule has 0 fully saturated rings. The Hall–Kier alpha value is -0.180. The van der Waals surface area contributed by atoms with Gasteiger partial charge in [-0.25, -0.2) is 0 Å². The summed E-state index contributed by atoms with van der Waals surface area (Å²) in [6.45, 7) is 8.80. The van der Waals surface area contributed by atoms with Crippen molar-refractivity contribution in [1.82, 2.24) is 4.90 Å². The maximum absolute atomic E-state index is 12.9. The predicted octanol–water partition coefficient (Wildman–Crippen LogP) is 11.8. The zero-order valence-corrected chi connectivity index (χ0v) is 26.8. The lowest BCUT2D eigenvalue weighted by atomic mass is 10.0. The molecule has 0 saturated carbocycles. The molecule has 0 rings (SSSR count). The van der Waals surface area contributed by atoms with Gasteiger partial charge in [0.25, 0.3) is 0 Å². The number of unbranched alkanes of at least 4 members (excludes halogenated alkanes) is 22. The van der Waals surface area contributed by atoms with E-state index in [1.54, 1.807) is 0 Å². The Morgan fingerprint density at radius 2 is 0.757 bits per heavy atom. The van der Waals surface area contributed by atoms with Crippen LogP contribution in [0.25, 0.3) is 0 Å². The van der Waals surface area contributed by atoms with Crippen LogP contribution in [-0.2, 0) is 4.79 Å². The van der Waals surface area contributed by atoms with E-state index in [0.717, 1.165) is 25.3 Å². The Labute approximate surface area is 239 Å². The summed E-state index contributed by atoms with van der Waals surface area (Å²) in [4.78, 5) is 15.1. The SMILES string of the molecule is CCCCCCCCCCCCCCN(CCCCCCCCCCCCCC)C(=O)CCSCCC. The molecule has 0 aromatic heterocycles. The minimum absolute atomic E-state index is 0.412. The maximum Gasteiger partial charge on any atom is 0.223 e. The zero-order chi connectivity index (χ0) is 27.1. The molecule has 3 heteroatoms. The lowest BCUT2D eigenvalue weighted by Crippen LogP contribution is -2.33. The van der Waals surface area contributed by atoms with Gasteiger partial charge in [-0.05, 0) is 25.0 Å². The highest BCUT2D eigenvalue weighted by atomic mass is 32.2. The number of carbonyl (C=O) groups excluding carboxylic acids is 1. The van der Waals surface area contributed by atoms with Gasteiger partial charge in [-0.15, -0.1) is 0 Å². The van der Waals surface area contributed by atoms with Crippen molar-refractivity contribution < 1.29 is 4.79 Å². The van der Waals surface area contributed by atoms with Gasteiger partial charge in [0.2, 0.25) is 5.91 Å². The third-order valence-corrected chi connectivity index (χ3v) is 8.91. The molecule has 0 aromatic rings. The third kappa shape index (κ3) is 28.6. The van der Waals surface area contributed by atoms with Crippen LogP contribution in [0.4, 0.5) is 0 Å². The first-order valence-electron chi connectivity index (χ1n) is 17.1. The average Bonchev–Trinajstić information content (AvgIpc) is 2.91. The minimum Gasteiger partial charge on any atom is -0.343 e. The van der Waals surface area contributed by atoms with E-state index in [1.165, 1.54) is 166 Å². The Bertz CT molecular complexity index is 414. The molecular formula is C34H69NOS. The van der Waals surface area contributed by atoms with Crippen LogP contribution >= 0.6 is 11.8 Å². The molecule has 0 aliphatic rings. The first-order chi connectivity index (χ1) is 18.3. The van der Waals surface area contributed by atoms with Gasteiger partial charge in [0.1, 0.15) is 0 Å². The van der Waals surface area contributed by atoms with Crippen LogP contribution in [0.3, 0.4) is 0 Å². The zero-order valence-electron chi connectivity index (χ0n) is 26.0. The second kappa shape index (κ2) is 32.0. The first-order valence-corrected chi connectivity index (χ1v) is 18.3. The van der Waals surface area contributed by atoms with Crippen molar-refractivity contribution in [3.05, 3.63) is 0 Å². The van der Waals surface area contributed by atoms with Crippen LogP contribution in [0.2, 0.25) is 0 Å². The van der Waals surface area contributed by atoms with Gasteiger partial charge >= 0.3 is 0 Å². The van der Waals surface area contributed by atoms with Crippen LogP contribution in [0, 0.1) is 0 Å². The number of hydrogen-bond acceptors (Lipinski definition) is 2. The normalized spacial score (nSPS) is 11.3. The van der Waals surface area contributed by atoms with Crippen LogP contribution in [0.5, 0.6) is 0 Å². The summed E-state index contributed by atoms with van der Waals surface area (Å²) in [6.07, 6.45) is 35.1. The fourth-order valence-electron chi connectivity index (χ4n) is 5.21. The van der Waals surface area contributed by atoms with Crippen LogP contribution < -0.4 is 0 Å². The summed E-state index contributed by atoms with van der Waals surface area (Å²) in [6, 6.07) is 0. The summed E-state index contributed by atoms with van der Waals surface area (Å²) in [7, 11) is 0. The number of nitrogens with zero attached hydrogens (tertiary/aromatic N) is 1. The Kier molecular flexibility index (Phi) is 31.9. The van der Waals surface area contributed by atoms with Crippen molar-refractivity contribution in [1.29, 1.82) is 0 Å². The molecule has 0 atom stereocenters. The maximum atomic E-state index is 12.9. The van der Waals surface area contributed by atoms with E-state index in [-0.39, 0.29) is 0 Å². The van der Waals surface area contributed by atoms with E-state index in [4.69, 9.17) is 0 Å². The summed E-state index contributed by atoms with van der Waals surface area (Å²) in [5.74, 6) is 2.60. The first kappa shape index (κ1) is 36.8. The third-order valence-electron chi connectivity index (χ3n) is 7.72. The molecule has 0 unspecified atom stereocenters. The molecule has 0 spiro atoms. The Morgan fingerprint density at radius 1 is 0.432 bits per heavy atom. The lowest BCUT2D eigenvalue weighted by Gasteiger charge is -2.23. The average molecular weight is 540 g/mol. The second-order valence-electron chi connectivity index (χ2n) is 11.5. The molecule has 37 heavy (non-hydrogen) atoms. The molecule has 0 N–H and O–H groups in total. The predicted molar refractivity (Wildman–Crippen MR) is 171 cm³/mol. The van der Waals surface area contributed by atoms with E-state index in [1.807, 2.05) is 11.8 Å². The quantitative estimate of drug-likeness (QED) is 0.0816. The van der Waals surface area contributed by atoms with E-state index in [9.17, 15) is 4.79 Å². The van der Waals surface area contributed by atoms with Gasteiger partial charge < -0.3 is 4.90 Å². The molecule has 2 nitrogen and oxygen atoms in total. The number of amides is 1. The molecule has 0 aliphatic carbocycles.